The van der Waals surface area contributed by atoms with Gasteiger partial charge in [0.2, 0.25) is 0 Å². The second-order valence-corrected chi connectivity index (χ2v) is 5.23. The zero-order chi connectivity index (χ0) is 13.3. The van der Waals surface area contributed by atoms with Crippen LogP contribution in [0.5, 0.6) is 5.75 Å². The van der Waals surface area contributed by atoms with E-state index in [1.807, 2.05) is 26.0 Å². The Morgan fingerprint density at radius 3 is 2.44 bits per heavy atom. The maximum absolute atomic E-state index is 12.6. The van der Waals surface area contributed by atoms with Crippen LogP contribution < -0.4 is 4.74 Å². The molecule has 0 aromatic heterocycles. The molecule has 0 atom stereocenters. The van der Waals surface area contributed by atoms with Gasteiger partial charge in [-0.05, 0) is 56.7 Å². The van der Waals surface area contributed by atoms with Crippen LogP contribution in [0.4, 0.5) is 0 Å². The van der Waals surface area contributed by atoms with Crippen molar-refractivity contribution in [1.29, 1.82) is 0 Å². The number of carbonyl (C=O) groups excluding carboxylic acids is 1. The molecule has 0 spiro atoms. The fourth-order valence-corrected chi connectivity index (χ4v) is 2.80. The molecule has 0 saturated heterocycles. The van der Waals surface area contributed by atoms with Crippen molar-refractivity contribution < 1.29 is 14.6 Å². The van der Waals surface area contributed by atoms with E-state index in [0.29, 0.717) is 24.2 Å². The number of hydrogen-bond donors (Lipinski definition) is 1. The van der Waals surface area contributed by atoms with Crippen LogP contribution in [0.15, 0.2) is 12.1 Å². The molecule has 0 unspecified atom stereocenters. The Bertz CT molecular complexity index is 471. The van der Waals surface area contributed by atoms with Crippen molar-refractivity contribution >= 4 is 5.78 Å². The second-order valence-electron chi connectivity index (χ2n) is 5.23. The highest BCUT2D eigenvalue weighted by Gasteiger charge is 2.40. The number of benzene rings is 1. The average Bonchev–Trinajstić information content (AvgIpc) is 2.75. The van der Waals surface area contributed by atoms with E-state index in [1.165, 1.54) is 0 Å². The first-order valence-corrected chi connectivity index (χ1v) is 6.40. The molecule has 1 saturated carbocycles. The summed E-state index contributed by atoms with van der Waals surface area (Å²) in [6.07, 6.45) is 2.94. The molecule has 1 aromatic rings. The molecule has 2 rings (SSSR count). The number of aryl methyl sites for hydroxylation is 2. The molecule has 0 amide bonds. The predicted octanol–water partition coefficient (Wildman–Crippen LogP) is 2.80. The lowest BCUT2D eigenvalue weighted by Crippen LogP contribution is -2.36. The molecule has 0 heterocycles. The topological polar surface area (TPSA) is 46.5 Å². The molecule has 3 heteroatoms. The van der Waals surface area contributed by atoms with Crippen LogP contribution in [0.25, 0.3) is 0 Å². The van der Waals surface area contributed by atoms with Crippen LogP contribution >= 0.6 is 0 Å². The minimum Gasteiger partial charge on any atom is -0.496 e. The predicted molar refractivity (Wildman–Crippen MR) is 70.2 cm³/mol. The highest BCUT2D eigenvalue weighted by Crippen LogP contribution is 2.36. The molecule has 18 heavy (non-hydrogen) atoms. The number of methoxy groups -OCH3 is 1. The summed E-state index contributed by atoms with van der Waals surface area (Å²) in [4.78, 5) is 12.6. The van der Waals surface area contributed by atoms with Crippen LogP contribution in [0.1, 0.15) is 47.2 Å². The molecule has 98 valence electrons. The van der Waals surface area contributed by atoms with E-state index in [9.17, 15) is 9.90 Å². The number of rotatable bonds is 3. The summed E-state index contributed by atoms with van der Waals surface area (Å²) in [6.45, 7) is 3.86. The van der Waals surface area contributed by atoms with Gasteiger partial charge in [0.05, 0.1) is 12.7 Å². The fraction of sp³-hybridized carbons (Fsp3) is 0.533. The van der Waals surface area contributed by atoms with Crippen LogP contribution in [0, 0.1) is 13.8 Å². The minimum absolute atomic E-state index is 0.186. The van der Waals surface area contributed by atoms with Crippen LogP contribution in [-0.4, -0.2) is 23.6 Å². The normalized spacial score (nSPS) is 17.8. The molecule has 0 bridgehead atoms. The summed E-state index contributed by atoms with van der Waals surface area (Å²) in [6, 6.07) is 3.80. The molecular formula is C15H20O3. The van der Waals surface area contributed by atoms with E-state index >= 15 is 0 Å². The van der Waals surface area contributed by atoms with Crippen molar-refractivity contribution in [3.05, 3.63) is 28.8 Å². The lowest BCUT2D eigenvalue weighted by atomic mass is 9.88. The Kier molecular flexibility index (Phi) is 3.44. The summed E-state index contributed by atoms with van der Waals surface area (Å²) in [5.41, 5.74) is 1.27. The third-order valence-electron chi connectivity index (χ3n) is 3.74. The molecular weight excluding hydrogens is 228 g/mol. The van der Waals surface area contributed by atoms with Gasteiger partial charge in [-0.3, -0.25) is 4.79 Å². The molecule has 1 aliphatic rings. The van der Waals surface area contributed by atoms with Gasteiger partial charge in [-0.1, -0.05) is 6.07 Å². The maximum atomic E-state index is 12.6. The van der Waals surface area contributed by atoms with Gasteiger partial charge in [-0.25, -0.2) is 0 Å². The largest absolute Gasteiger partial charge is 0.496 e. The molecule has 0 aliphatic heterocycles. The summed E-state index contributed by atoms with van der Waals surface area (Å²) < 4.78 is 5.30. The van der Waals surface area contributed by atoms with Gasteiger partial charge < -0.3 is 9.84 Å². The van der Waals surface area contributed by atoms with Crippen LogP contribution in [0.3, 0.4) is 0 Å². The highest BCUT2D eigenvalue weighted by molar-refractivity contribution is 6.05. The molecule has 1 aliphatic carbocycles. The average molecular weight is 248 g/mol. The standard InChI is InChI=1S/C15H20O3/c1-10-8-11(2)13(12(9-10)18-3)14(16)15(17)6-4-5-7-15/h8-9,17H,4-7H2,1-3H3. The molecule has 1 aromatic carbocycles. The van der Waals surface area contributed by atoms with Gasteiger partial charge in [0.15, 0.2) is 5.78 Å². The highest BCUT2D eigenvalue weighted by atomic mass is 16.5. The maximum Gasteiger partial charge on any atom is 0.198 e. The van der Waals surface area contributed by atoms with Gasteiger partial charge in [-0.2, -0.15) is 0 Å². The molecule has 1 fully saturated rings. The Morgan fingerprint density at radius 1 is 1.28 bits per heavy atom. The zero-order valence-corrected chi connectivity index (χ0v) is 11.2. The van der Waals surface area contributed by atoms with E-state index in [2.05, 4.69) is 0 Å². The van der Waals surface area contributed by atoms with E-state index in [0.717, 1.165) is 24.0 Å². The SMILES string of the molecule is COc1cc(C)cc(C)c1C(=O)C1(O)CCCC1. The van der Waals surface area contributed by atoms with Crippen molar-refractivity contribution in [3.63, 3.8) is 0 Å². The van der Waals surface area contributed by atoms with Gasteiger partial charge in [-0.15, -0.1) is 0 Å². The molecule has 0 radical (unpaired) electrons. The number of ether oxygens (including phenoxy) is 1. The van der Waals surface area contributed by atoms with Gasteiger partial charge in [0.25, 0.3) is 0 Å². The fourth-order valence-electron chi connectivity index (χ4n) is 2.80. The quantitative estimate of drug-likeness (QED) is 0.837. The third kappa shape index (κ3) is 2.15. The summed E-state index contributed by atoms with van der Waals surface area (Å²) in [5, 5.41) is 10.4. The molecule has 1 N–H and O–H groups in total. The Morgan fingerprint density at radius 2 is 1.89 bits per heavy atom. The lowest BCUT2D eigenvalue weighted by Gasteiger charge is -2.23. The van der Waals surface area contributed by atoms with Crippen molar-refractivity contribution in [2.45, 2.75) is 45.1 Å². The van der Waals surface area contributed by atoms with Gasteiger partial charge in [0.1, 0.15) is 11.4 Å². The first-order chi connectivity index (χ1) is 8.48. The Hall–Kier alpha value is -1.35. The minimum atomic E-state index is -1.19. The van der Waals surface area contributed by atoms with Crippen molar-refractivity contribution in [1.82, 2.24) is 0 Å². The van der Waals surface area contributed by atoms with E-state index in [4.69, 9.17) is 4.74 Å². The Balaban J connectivity index is 2.47. The lowest BCUT2D eigenvalue weighted by molar-refractivity contribution is 0.0349. The summed E-state index contributed by atoms with van der Waals surface area (Å²) >= 11 is 0. The number of carbonyl (C=O) groups is 1. The summed E-state index contributed by atoms with van der Waals surface area (Å²) in [7, 11) is 1.56. The summed E-state index contributed by atoms with van der Waals surface area (Å²) in [5.74, 6) is 0.382. The Labute approximate surface area is 108 Å². The number of hydrogen-bond acceptors (Lipinski definition) is 3. The number of Topliss-reactive ketones (excluding diaryl/α,β-unsaturated/α-hetero) is 1. The van der Waals surface area contributed by atoms with Gasteiger partial charge >= 0.3 is 0 Å². The zero-order valence-electron chi connectivity index (χ0n) is 11.2. The first kappa shape index (κ1) is 13.1. The van der Waals surface area contributed by atoms with Crippen LogP contribution in [-0.2, 0) is 0 Å². The van der Waals surface area contributed by atoms with Crippen LogP contribution in [0.2, 0.25) is 0 Å². The van der Waals surface area contributed by atoms with Crippen molar-refractivity contribution in [3.8, 4) is 5.75 Å². The smallest absolute Gasteiger partial charge is 0.198 e. The van der Waals surface area contributed by atoms with E-state index in [1.54, 1.807) is 7.11 Å². The van der Waals surface area contributed by atoms with E-state index < -0.39 is 5.60 Å². The van der Waals surface area contributed by atoms with E-state index in [-0.39, 0.29) is 5.78 Å². The monoisotopic (exact) mass is 248 g/mol. The van der Waals surface area contributed by atoms with Crippen molar-refractivity contribution in [2.75, 3.05) is 7.11 Å². The number of ketones is 1. The molecule has 3 nitrogen and oxygen atoms in total. The third-order valence-corrected chi connectivity index (χ3v) is 3.74. The van der Waals surface area contributed by atoms with Gasteiger partial charge in [0, 0.05) is 0 Å². The first-order valence-electron chi connectivity index (χ1n) is 6.40. The van der Waals surface area contributed by atoms with Crippen molar-refractivity contribution in [2.24, 2.45) is 0 Å². The second kappa shape index (κ2) is 4.73. The number of aliphatic hydroxyl groups is 1.